The van der Waals surface area contributed by atoms with E-state index in [0.717, 1.165) is 67.8 Å². The SMILES string of the molecule is CCOC(=O)[C@@H](c1ncn2c1CCC2)N1Cc2c(Cl)cc(-c3ccc(N4CCC(O)CC4)cc3)cc2C1=O. The van der Waals surface area contributed by atoms with Crippen LogP contribution in [0.3, 0.4) is 0 Å². The average molecular weight is 535 g/mol. The van der Waals surface area contributed by atoms with Gasteiger partial charge in [0, 0.05) is 53.7 Å². The minimum Gasteiger partial charge on any atom is -0.464 e. The first-order valence-corrected chi connectivity index (χ1v) is 13.7. The maximum Gasteiger partial charge on any atom is 0.335 e. The van der Waals surface area contributed by atoms with Gasteiger partial charge in [-0.25, -0.2) is 9.78 Å². The van der Waals surface area contributed by atoms with Gasteiger partial charge in [-0.1, -0.05) is 23.7 Å². The number of benzene rings is 2. The Morgan fingerprint density at radius 3 is 2.66 bits per heavy atom. The van der Waals surface area contributed by atoms with E-state index in [0.29, 0.717) is 21.8 Å². The summed E-state index contributed by atoms with van der Waals surface area (Å²) in [5, 5.41) is 10.3. The van der Waals surface area contributed by atoms with Crippen LogP contribution in [0.2, 0.25) is 5.02 Å². The Morgan fingerprint density at radius 2 is 1.92 bits per heavy atom. The van der Waals surface area contributed by atoms with Crippen molar-refractivity contribution in [1.82, 2.24) is 14.5 Å². The van der Waals surface area contributed by atoms with Gasteiger partial charge < -0.3 is 24.2 Å². The molecule has 8 nitrogen and oxygen atoms in total. The number of aliphatic hydroxyl groups is 1. The molecule has 0 saturated carbocycles. The number of fused-ring (bicyclic) bond motifs is 2. The number of rotatable bonds is 6. The van der Waals surface area contributed by atoms with Crippen molar-refractivity contribution in [2.45, 2.75) is 57.8 Å². The molecular formula is C29H31ClN4O4. The van der Waals surface area contributed by atoms with Crippen molar-refractivity contribution >= 4 is 29.2 Å². The lowest BCUT2D eigenvalue weighted by Crippen LogP contribution is -2.36. The number of halogens is 1. The van der Waals surface area contributed by atoms with Crippen molar-refractivity contribution in [1.29, 1.82) is 0 Å². The minimum atomic E-state index is -0.911. The van der Waals surface area contributed by atoms with Crippen LogP contribution in [0.1, 0.15) is 59.5 Å². The molecule has 1 fully saturated rings. The van der Waals surface area contributed by atoms with Crippen LogP contribution in [0.4, 0.5) is 5.69 Å². The molecule has 1 aromatic heterocycles. The van der Waals surface area contributed by atoms with Crippen LogP contribution >= 0.6 is 11.6 Å². The van der Waals surface area contributed by atoms with Gasteiger partial charge in [0.2, 0.25) is 0 Å². The number of piperidine rings is 1. The van der Waals surface area contributed by atoms with Gasteiger partial charge in [-0.15, -0.1) is 0 Å². The van der Waals surface area contributed by atoms with Gasteiger partial charge in [0.1, 0.15) is 0 Å². The molecule has 1 N–H and O–H groups in total. The third-order valence-electron chi connectivity index (χ3n) is 7.92. The fraction of sp³-hybridized carbons (Fsp3) is 0.414. The maximum atomic E-state index is 13.8. The molecule has 0 spiro atoms. The second-order valence-electron chi connectivity index (χ2n) is 10.2. The van der Waals surface area contributed by atoms with E-state index < -0.39 is 12.0 Å². The second kappa shape index (κ2) is 10.1. The molecule has 3 aromatic rings. The highest BCUT2D eigenvalue weighted by Gasteiger charge is 2.42. The maximum absolute atomic E-state index is 13.8. The van der Waals surface area contributed by atoms with Gasteiger partial charge >= 0.3 is 5.97 Å². The molecule has 0 unspecified atom stereocenters. The summed E-state index contributed by atoms with van der Waals surface area (Å²) in [6, 6.07) is 11.0. The van der Waals surface area contributed by atoms with Crippen molar-refractivity contribution in [3.05, 3.63) is 70.3 Å². The summed E-state index contributed by atoms with van der Waals surface area (Å²) in [5.41, 5.74) is 5.72. The number of aryl methyl sites for hydroxylation is 1. The van der Waals surface area contributed by atoms with Crippen LogP contribution in [-0.4, -0.2) is 57.2 Å². The Labute approximate surface area is 226 Å². The Hall–Kier alpha value is -3.36. The van der Waals surface area contributed by atoms with Crippen LogP contribution in [0.25, 0.3) is 11.1 Å². The Bertz CT molecular complexity index is 1380. The van der Waals surface area contributed by atoms with Gasteiger partial charge in [-0.3, -0.25) is 4.79 Å². The number of hydrogen-bond acceptors (Lipinski definition) is 6. The zero-order valence-electron chi connectivity index (χ0n) is 21.4. The number of aliphatic hydroxyl groups excluding tert-OH is 1. The highest BCUT2D eigenvalue weighted by molar-refractivity contribution is 6.32. The van der Waals surface area contributed by atoms with Crippen molar-refractivity contribution in [2.24, 2.45) is 0 Å². The number of carbonyl (C=O) groups excluding carboxylic acids is 2. The van der Waals surface area contributed by atoms with E-state index in [1.54, 1.807) is 18.2 Å². The molecule has 0 bridgehead atoms. The van der Waals surface area contributed by atoms with Gasteiger partial charge in [0.15, 0.2) is 6.04 Å². The fourth-order valence-corrected chi connectivity index (χ4v) is 6.17. The Morgan fingerprint density at radius 1 is 1.16 bits per heavy atom. The molecule has 0 radical (unpaired) electrons. The number of aromatic nitrogens is 2. The monoisotopic (exact) mass is 534 g/mol. The zero-order valence-corrected chi connectivity index (χ0v) is 22.2. The average Bonchev–Trinajstić information content (AvgIpc) is 3.62. The van der Waals surface area contributed by atoms with E-state index in [9.17, 15) is 14.7 Å². The van der Waals surface area contributed by atoms with Crippen LogP contribution in [0, 0.1) is 0 Å². The summed E-state index contributed by atoms with van der Waals surface area (Å²) < 4.78 is 7.46. The molecule has 6 rings (SSSR count). The normalized spacial score (nSPS) is 18.0. The van der Waals surface area contributed by atoms with E-state index in [1.807, 2.05) is 24.3 Å². The number of ether oxygens (including phenoxy) is 1. The summed E-state index contributed by atoms with van der Waals surface area (Å²) in [6.07, 6.45) is 4.89. The number of imidazole rings is 1. The Balaban J connectivity index is 1.29. The van der Waals surface area contributed by atoms with Crippen LogP contribution in [-0.2, 0) is 29.0 Å². The van der Waals surface area contributed by atoms with Gasteiger partial charge in [0.25, 0.3) is 5.91 Å². The largest absolute Gasteiger partial charge is 0.464 e. The van der Waals surface area contributed by atoms with Crippen molar-refractivity contribution in [2.75, 3.05) is 24.6 Å². The van der Waals surface area contributed by atoms with Crippen LogP contribution in [0.5, 0.6) is 0 Å². The highest BCUT2D eigenvalue weighted by atomic mass is 35.5. The molecule has 1 amide bonds. The number of hydrogen-bond donors (Lipinski definition) is 1. The first-order chi connectivity index (χ1) is 18.4. The predicted molar refractivity (Wildman–Crippen MR) is 144 cm³/mol. The minimum absolute atomic E-state index is 0.214. The molecule has 1 atom stereocenters. The van der Waals surface area contributed by atoms with Crippen molar-refractivity contribution in [3.63, 3.8) is 0 Å². The summed E-state index contributed by atoms with van der Waals surface area (Å²) in [7, 11) is 0. The standard InChI is InChI=1S/C29H31ClN4O4/c1-2-38-29(37)27(26-25-4-3-11-33(25)17-31-26)34-16-23-22(28(34)36)14-19(15-24(23)30)18-5-7-20(8-6-18)32-12-9-21(35)10-13-32/h5-8,14-15,17,21,27,35H,2-4,9-13,16H2,1H3/t27-/m1/s1. The lowest BCUT2D eigenvalue weighted by molar-refractivity contribution is -0.149. The molecule has 198 valence electrons. The lowest BCUT2D eigenvalue weighted by Gasteiger charge is -2.31. The molecule has 4 heterocycles. The number of carbonyl (C=O) groups is 2. The quantitative estimate of drug-likeness (QED) is 0.472. The first kappa shape index (κ1) is 24.9. The Kier molecular flexibility index (Phi) is 6.61. The molecule has 2 aromatic carbocycles. The van der Waals surface area contributed by atoms with Gasteiger partial charge in [-0.05, 0) is 68.0 Å². The fourth-order valence-electron chi connectivity index (χ4n) is 5.89. The number of amides is 1. The van der Waals surface area contributed by atoms with E-state index >= 15 is 0 Å². The smallest absolute Gasteiger partial charge is 0.335 e. The molecule has 38 heavy (non-hydrogen) atoms. The third-order valence-corrected chi connectivity index (χ3v) is 8.25. The lowest BCUT2D eigenvalue weighted by atomic mass is 9.99. The molecule has 3 aliphatic heterocycles. The molecule has 9 heteroatoms. The predicted octanol–water partition coefficient (Wildman–Crippen LogP) is 4.37. The highest BCUT2D eigenvalue weighted by Crippen LogP contribution is 2.39. The second-order valence-corrected chi connectivity index (χ2v) is 10.6. The summed E-state index contributed by atoms with van der Waals surface area (Å²) >= 11 is 6.74. The summed E-state index contributed by atoms with van der Waals surface area (Å²) in [4.78, 5) is 35.3. The number of nitrogens with zero attached hydrogens (tertiary/aromatic N) is 4. The number of anilines is 1. The molecule has 1 saturated heterocycles. The van der Waals surface area contributed by atoms with E-state index in [4.69, 9.17) is 16.3 Å². The zero-order chi connectivity index (χ0) is 26.4. The molecule has 3 aliphatic rings. The first-order valence-electron chi connectivity index (χ1n) is 13.3. The molecule has 0 aliphatic carbocycles. The van der Waals surface area contributed by atoms with Crippen molar-refractivity contribution < 1.29 is 19.4 Å². The van der Waals surface area contributed by atoms with E-state index in [2.05, 4.69) is 26.6 Å². The van der Waals surface area contributed by atoms with Crippen LogP contribution in [0.15, 0.2) is 42.7 Å². The van der Waals surface area contributed by atoms with E-state index in [1.165, 1.54) is 0 Å². The van der Waals surface area contributed by atoms with Crippen LogP contribution < -0.4 is 4.90 Å². The van der Waals surface area contributed by atoms with Gasteiger partial charge in [-0.2, -0.15) is 0 Å². The molecular weight excluding hydrogens is 504 g/mol. The van der Waals surface area contributed by atoms with Gasteiger partial charge in [0.05, 0.1) is 24.7 Å². The van der Waals surface area contributed by atoms with E-state index in [-0.39, 0.29) is 25.2 Å². The van der Waals surface area contributed by atoms with Crippen molar-refractivity contribution in [3.8, 4) is 11.1 Å². The topological polar surface area (TPSA) is 87.9 Å². The summed E-state index contributed by atoms with van der Waals surface area (Å²) in [6.45, 7) is 4.73. The third kappa shape index (κ3) is 4.35. The summed E-state index contributed by atoms with van der Waals surface area (Å²) in [5.74, 6) is -0.718. The number of esters is 1.